The summed E-state index contributed by atoms with van der Waals surface area (Å²) in [6.07, 6.45) is 0. The Bertz CT molecular complexity index is 407. The normalized spacial score (nSPS) is 13.8. The summed E-state index contributed by atoms with van der Waals surface area (Å²) in [7, 11) is 1.62. The molecule has 14 heavy (non-hydrogen) atoms. The van der Waals surface area contributed by atoms with E-state index in [9.17, 15) is 4.79 Å². The second kappa shape index (κ2) is 3.01. The molecule has 0 amide bonds. The molecule has 0 aliphatic carbocycles. The number of benzene rings is 1. The van der Waals surface area contributed by atoms with Crippen LogP contribution < -0.4 is 4.74 Å². The molecule has 3 heteroatoms. The molecule has 0 atom stereocenters. The molecule has 0 radical (unpaired) electrons. The maximum absolute atomic E-state index is 11.3. The van der Waals surface area contributed by atoms with Gasteiger partial charge in [0.15, 0.2) is 0 Å². The molecule has 1 heterocycles. The zero-order valence-corrected chi connectivity index (χ0v) is 8.51. The highest BCUT2D eigenvalue weighted by molar-refractivity contribution is 5.94. The van der Waals surface area contributed by atoms with Crippen molar-refractivity contribution in [2.45, 2.75) is 20.5 Å². The third-order valence-electron chi connectivity index (χ3n) is 2.66. The molecule has 1 aromatic rings. The van der Waals surface area contributed by atoms with Crippen LogP contribution in [0.4, 0.5) is 0 Å². The first-order chi connectivity index (χ1) is 6.65. The number of aryl methyl sites for hydroxylation is 1. The Balaban J connectivity index is 2.71. The first-order valence-corrected chi connectivity index (χ1v) is 4.49. The van der Waals surface area contributed by atoms with Gasteiger partial charge in [-0.15, -0.1) is 0 Å². The quantitative estimate of drug-likeness (QED) is 0.638. The van der Waals surface area contributed by atoms with E-state index >= 15 is 0 Å². The van der Waals surface area contributed by atoms with Crippen molar-refractivity contribution < 1.29 is 14.3 Å². The van der Waals surface area contributed by atoms with Crippen molar-refractivity contribution in [2.24, 2.45) is 0 Å². The molecule has 0 aromatic heterocycles. The second-order valence-electron chi connectivity index (χ2n) is 3.45. The molecule has 0 bridgehead atoms. The summed E-state index contributed by atoms with van der Waals surface area (Å²) in [4.78, 5) is 11.3. The molecule has 0 N–H and O–H groups in total. The highest BCUT2D eigenvalue weighted by Gasteiger charge is 2.26. The van der Waals surface area contributed by atoms with Gasteiger partial charge in [-0.25, -0.2) is 4.79 Å². The number of hydrogen-bond donors (Lipinski definition) is 0. The molecule has 74 valence electrons. The van der Waals surface area contributed by atoms with Gasteiger partial charge in [0.05, 0.1) is 12.7 Å². The third kappa shape index (κ3) is 1.09. The number of hydrogen-bond acceptors (Lipinski definition) is 3. The third-order valence-corrected chi connectivity index (χ3v) is 2.66. The van der Waals surface area contributed by atoms with Crippen molar-refractivity contribution in [2.75, 3.05) is 7.11 Å². The topological polar surface area (TPSA) is 35.5 Å². The van der Waals surface area contributed by atoms with Crippen molar-refractivity contribution in [3.8, 4) is 5.75 Å². The van der Waals surface area contributed by atoms with Crippen LogP contribution in [0.2, 0.25) is 0 Å². The fraction of sp³-hybridized carbons (Fsp3) is 0.364. The minimum atomic E-state index is -0.249. The monoisotopic (exact) mass is 192 g/mol. The average molecular weight is 192 g/mol. The molecule has 3 nitrogen and oxygen atoms in total. The van der Waals surface area contributed by atoms with E-state index in [4.69, 9.17) is 9.47 Å². The van der Waals surface area contributed by atoms with Crippen molar-refractivity contribution in [3.63, 3.8) is 0 Å². The fourth-order valence-corrected chi connectivity index (χ4v) is 1.76. The summed E-state index contributed by atoms with van der Waals surface area (Å²) in [5.41, 5.74) is 3.65. The molecule has 1 aliphatic heterocycles. The summed E-state index contributed by atoms with van der Waals surface area (Å²) in [5, 5.41) is 0. The first kappa shape index (κ1) is 9.06. The molecule has 0 saturated heterocycles. The van der Waals surface area contributed by atoms with Crippen LogP contribution in [0.3, 0.4) is 0 Å². The lowest BCUT2D eigenvalue weighted by molar-refractivity contribution is 0.0534. The smallest absolute Gasteiger partial charge is 0.339 e. The molecule has 2 rings (SSSR count). The van der Waals surface area contributed by atoms with E-state index in [1.165, 1.54) is 0 Å². The Morgan fingerprint density at radius 2 is 2.14 bits per heavy atom. The van der Waals surface area contributed by atoms with Gasteiger partial charge in [-0.1, -0.05) is 0 Å². The van der Waals surface area contributed by atoms with E-state index in [-0.39, 0.29) is 5.97 Å². The lowest BCUT2D eigenvalue weighted by atomic mass is 10.00. The van der Waals surface area contributed by atoms with Crippen LogP contribution in [-0.2, 0) is 11.3 Å². The molecule has 0 unspecified atom stereocenters. The summed E-state index contributed by atoms with van der Waals surface area (Å²) in [6, 6.07) is 1.86. The molecule has 0 saturated carbocycles. The Morgan fingerprint density at radius 1 is 1.43 bits per heavy atom. The summed E-state index contributed by atoms with van der Waals surface area (Å²) >= 11 is 0. The number of carbonyl (C=O) groups is 1. The Hall–Kier alpha value is -1.51. The number of cyclic esters (lactones) is 1. The molecule has 1 aliphatic rings. The maximum atomic E-state index is 11.3. The van der Waals surface area contributed by atoms with Gasteiger partial charge in [0, 0.05) is 5.56 Å². The number of ether oxygens (including phenoxy) is 2. The highest BCUT2D eigenvalue weighted by atomic mass is 16.5. The van der Waals surface area contributed by atoms with Gasteiger partial charge < -0.3 is 9.47 Å². The van der Waals surface area contributed by atoms with Crippen molar-refractivity contribution in [3.05, 3.63) is 28.3 Å². The largest absolute Gasteiger partial charge is 0.496 e. The van der Waals surface area contributed by atoms with Gasteiger partial charge >= 0.3 is 5.97 Å². The molecule has 0 fully saturated rings. The molecule has 1 aromatic carbocycles. The number of rotatable bonds is 1. The van der Waals surface area contributed by atoms with Gasteiger partial charge in [-0.3, -0.25) is 0 Å². The van der Waals surface area contributed by atoms with Crippen LogP contribution in [-0.4, -0.2) is 13.1 Å². The van der Waals surface area contributed by atoms with Crippen LogP contribution >= 0.6 is 0 Å². The van der Waals surface area contributed by atoms with Crippen molar-refractivity contribution in [1.29, 1.82) is 0 Å². The Kier molecular flexibility index (Phi) is 1.95. The van der Waals surface area contributed by atoms with E-state index < -0.39 is 0 Å². The summed E-state index contributed by atoms with van der Waals surface area (Å²) < 4.78 is 10.2. The minimum Gasteiger partial charge on any atom is -0.496 e. The van der Waals surface area contributed by atoms with Gasteiger partial charge in [0.2, 0.25) is 0 Å². The summed E-state index contributed by atoms with van der Waals surface area (Å²) in [5.74, 6) is 0.534. The minimum absolute atomic E-state index is 0.249. The number of esters is 1. The molecule has 0 spiro atoms. The molecular formula is C11H12O3. The van der Waals surface area contributed by atoms with E-state index in [0.717, 1.165) is 22.4 Å². The number of fused-ring (bicyclic) bond motifs is 1. The van der Waals surface area contributed by atoms with Gasteiger partial charge in [0.25, 0.3) is 0 Å². The van der Waals surface area contributed by atoms with Crippen molar-refractivity contribution >= 4 is 5.97 Å². The van der Waals surface area contributed by atoms with Crippen LogP contribution in [0.15, 0.2) is 6.07 Å². The van der Waals surface area contributed by atoms with Gasteiger partial charge in [-0.05, 0) is 31.0 Å². The predicted octanol–water partition coefficient (Wildman–Crippen LogP) is 1.98. The first-order valence-electron chi connectivity index (χ1n) is 4.49. The van der Waals surface area contributed by atoms with E-state index in [0.29, 0.717) is 12.2 Å². The SMILES string of the molecule is COc1c(C)c(C)cc2c1COC2=O. The highest BCUT2D eigenvalue weighted by Crippen LogP contribution is 2.34. The average Bonchev–Trinajstić information content (AvgIpc) is 2.51. The van der Waals surface area contributed by atoms with E-state index in [2.05, 4.69) is 0 Å². The van der Waals surface area contributed by atoms with Crippen LogP contribution in [0.5, 0.6) is 5.75 Å². The Labute approximate surface area is 82.6 Å². The van der Waals surface area contributed by atoms with E-state index in [1.54, 1.807) is 7.11 Å². The van der Waals surface area contributed by atoms with E-state index in [1.807, 2.05) is 19.9 Å². The maximum Gasteiger partial charge on any atom is 0.339 e. The fourth-order valence-electron chi connectivity index (χ4n) is 1.76. The standard InChI is InChI=1S/C11H12O3/c1-6-4-8-9(5-14-11(8)12)10(13-3)7(6)2/h4H,5H2,1-3H3. The lowest BCUT2D eigenvalue weighted by Gasteiger charge is -2.10. The van der Waals surface area contributed by atoms with Gasteiger partial charge in [-0.2, -0.15) is 0 Å². The van der Waals surface area contributed by atoms with Crippen LogP contribution in [0.25, 0.3) is 0 Å². The Morgan fingerprint density at radius 3 is 2.79 bits per heavy atom. The number of carbonyl (C=O) groups excluding carboxylic acids is 1. The second-order valence-corrected chi connectivity index (χ2v) is 3.45. The van der Waals surface area contributed by atoms with Crippen molar-refractivity contribution in [1.82, 2.24) is 0 Å². The predicted molar refractivity (Wildman–Crippen MR) is 51.6 cm³/mol. The zero-order valence-electron chi connectivity index (χ0n) is 8.51. The zero-order chi connectivity index (χ0) is 10.3. The lowest BCUT2D eigenvalue weighted by Crippen LogP contribution is -1.99. The van der Waals surface area contributed by atoms with Gasteiger partial charge in [0.1, 0.15) is 12.4 Å². The molecular weight excluding hydrogens is 180 g/mol. The number of methoxy groups -OCH3 is 1. The summed E-state index contributed by atoms with van der Waals surface area (Å²) in [6.45, 7) is 4.28. The van der Waals surface area contributed by atoms with Crippen LogP contribution in [0.1, 0.15) is 27.0 Å². The van der Waals surface area contributed by atoms with Crippen LogP contribution in [0, 0.1) is 13.8 Å².